The highest BCUT2D eigenvalue weighted by Gasteiger charge is 2.42. The SMILES string of the molecule is CC1=C(N)Nc2cc(C(N)(CC3CCCCC3)C(=O)OC(C)(C)C)ccc2O1. The summed E-state index contributed by atoms with van der Waals surface area (Å²) in [4.78, 5) is 13.2. The number of allylic oxidation sites excluding steroid dienone is 1. The van der Waals surface area contributed by atoms with Gasteiger partial charge in [-0.2, -0.15) is 0 Å². The van der Waals surface area contributed by atoms with E-state index in [0.29, 0.717) is 35.4 Å². The molecule has 1 aromatic carbocycles. The molecule has 1 aliphatic heterocycles. The fraction of sp³-hybridized carbons (Fsp3) is 0.591. The van der Waals surface area contributed by atoms with Crippen molar-refractivity contribution >= 4 is 11.7 Å². The number of nitrogens with two attached hydrogens (primary N) is 2. The maximum Gasteiger partial charge on any atom is 0.331 e. The molecule has 0 amide bonds. The van der Waals surface area contributed by atoms with Crippen LogP contribution in [0.5, 0.6) is 5.75 Å². The number of carbonyl (C=O) groups excluding carboxylic acids is 1. The van der Waals surface area contributed by atoms with E-state index in [1.165, 1.54) is 19.3 Å². The second-order valence-electron chi connectivity index (χ2n) is 9.09. The van der Waals surface area contributed by atoms with Crippen LogP contribution in [-0.4, -0.2) is 11.6 Å². The van der Waals surface area contributed by atoms with Crippen molar-refractivity contribution in [1.29, 1.82) is 0 Å². The highest BCUT2D eigenvalue weighted by atomic mass is 16.6. The predicted octanol–water partition coefficient (Wildman–Crippen LogP) is 4.10. The minimum Gasteiger partial charge on any atom is -0.458 e. The summed E-state index contributed by atoms with van der Waals surface area (Å²) in [5.74, 6) is 1.77. The Bertz CT molecular complexity index is 776. The zero-order chi connectivity index (χ0) is 20.5. The minimum atomic E-state index is -1.21. The largest absolute Gasteiger partial charge is 0.458 e. The van der Waals surface area contributed by atoms with E-state index in [4.69, 9.17) is 20.9 Å². The normalized spacial score (nSPS) is 19.9. The summed E-state index contributed by atoms with van der Waals surface area (Å²) >= 11 is 0. The molecule has 1 fully saturated rings. The number of fused-ring (bicyclic) bond motifs is 1. The lowest BCUT2D eigenvalue weighted by atomic mass is 9.76. The molecule has 0 radical (unpaired) electrons. The number of esters is 1. The molecule has 5 N–H and O–H groups in total. The molecule has 1 atom stereocenters. The number of nitrogens with one attached hydrogen (secondary N) is 1. The summed E-state index contributed by atoms with van der Waals surface area (Å²) in [7, 11) is 0. The van der Waals surface area contributed by atoms with E-state index >= 15 is 0 Å². The first-order valence-electron chi connectivity index (χ1n) is 10.2. The van der Waals surface area contributed by atoms with Crippen LogP contribution in [0, 0.1) is 5.92 Å². The van der Waals surface area contributed by atoms with E-state index in [1.54, 1.807) is 6.92 Å². The topological polar surface area (TPSA) is 99.6 Å². The molecule has 1 heterocycles. The predicted molar refractivity (Wildman–Crippen MR) is 110 cm³/mol. The van der Waals surface area contributed by atoms with E-state index in [2.05, 4.69) is 5.32 Å². The Morgan fingerprint density at radius 1 is 1.25 bits per heavy atom. The third-order valence-corrected chi connectivity index (χ3v) is 5.50. The van der Waals surface area contributed by atoms with Gasteiger partial charge in [0.05, 0.1) is 5.69 Å². The van der Waals surface area contributed by atoms with E-state index in [-0.39, 0.29) is 5.97 Å². The molecule has 154 valence electrons. The van der Waals surface area contributed by atoms with Gasteiger partial charge in [-0.05, 0) is 57.7 Å². The number of benzene rings is 1. The van der Waals surface area contributed by atoms with Crippen LogP contribution in [0.3, 0.4) is 0 Å². The van der Waals surface area contributed by atoms with E-state index in [9.17, 15) is 4.79 Å². The van der Waals surface area contributed by atoms with Crippen molar-refractivity contribution in [2.45, 2.75) is 77.4 Å². The van der Waals surface area contributed by atoms with Gasteiger partial charge < -0.3 is 26.3 Å². The average Bonchev–Trinajstić information content (AvgIpc) is 2.61. The minimum absolute atomic E-state index is 0.387. The van der Waals surface area contributed by atoms with Crippen molar-refractivity contribution in [3.8, 4) is 5.75 Å². The molecule has 1 aliphatic carbocycles. The molecule has 0 aromatic heterocycles. The van der Waals surface area contributed by atoms with E-state index in [1.807, 2.05) is 39.0 Å². The maximum atomic E-state index is 13.2. The molecule has 1 aromatic rings. The first-order chi connectivity index (χ1) is 13.1. The van der Waals surface area contributed by atoms with Crippen molar-refractivity contribution in [3.63, 3.8) is 0 Å². The third kappa shape index (κ3) is 4.43. The first-order valence-corrected chi connectivity index (χ1v) is 10.2. The summed E-state index contributed by atoms with van der Waals surface area (Å²) in [6, 6.07) is 5.56. The Kier molecular flexibility index (Phi) is 5.62. The average molecular weight is 388 g/mol. The Morgan fingerprint density at radius 3 is 2.57 bits per heavy atom. The molecule has 28 heavy (non-hydrogen) atoms. The van der Waals surface area contributed by atoms with Gasteiger partial charge in [0.2, 0.25) is 0 Å². The number of ether oxygens (including phenoxy) is 2. The summed E-state index contributed by atoms with van der Waals surface area (Å²) in [5.41, 5.74) is 12.4. The van der Waals surface area contributed by atoms with Crippen molar-refractivity contribution < 1.29 is 14.3 Å². The van der Waals surface area contributed by atoms with Gasteiger partial charge in [-0.25, -0.2) is 4.79 Å². The molecule has 2 aliphatic rings. The summed E-state index contributed by atoms with van der Waals surface area (Å²) < 4.78 is 11.5. The molecule has 0 saturated heterocycles. The number of hydrogen-bond donors (Lipinski definition) is 3. The summed E-state index contributed by atoms with van der Waals surface area (Å²) in [5, 5.41) is 3.14. The molecule has 6 heteroatoms. The quantitative estimate of drug-likeness (QED) is 0.673. The molecule has 1 unspecified atom stereocenters. The van der Waals surface area contributed by atoms with E-state index in [0.717, 1.165) is 18.4 Å². The maximum absolute atomic E-state index is 13.2. The number of rotatable bonds is 4. The van der Waals surface area contributed by atoms with Gasteiger partial charge in [0.1, 0.15) is 22.7 Å². The van der Waals surface area contributed by atoms with Gasteiger partial charge in [0.25, 0.3) is 0 Å². The Balaban J connectivity index is 1.95. The van der Waals surface area contributed by atoms with Gasteiger partial charge in [-0.3, -0.25) is 0 Å². The Hall–Kier alpha value is -2.21. The summed E-state index contributed by atoms with van der Waals surface area (Å²) in [6.07, 6.45) is 6.41. The van der Waals surface area contributed by atoms with Gasteiger partial charge in [-0.15, -0.1) is 0 Å². The molecule has 0 bridgehead atoms. The lowest BCUT2D eigenvalue weighted by molar-refractivity contribution is -0.163. The smallest absolute Gasteiger partial charge is 0.331 e. The van der Waals surface area contributed by atoms with Crippen LogP contribution in [0.15, 0.2) is 29.8 Å². The van der Waals surface area contributed by atoms with Gasteiger partial charge in [-0.1, -0.05) is 38.2 Å². The van der Waals surface area contributed by atoms with Crippen LogP contribution in [-0.2, 0) is 15.1 Å². The highest BCUT2D eigenvalue weighted by molar-refractivity contribution is 5.83. The van der Waals surface area contributed by atoms with Gasteiger partial charge in [0, 0.05) is 0 Å². The lowest BCUT2D eigenvalue weighted by Gasteiger charge is -2.36. The van der Waals surface area contributed by atoms with E-state index < -0.39 is 11.1 Å². The monoisotopic (exact) mass is 387 g/mol. The first kappa shape index (κ1) is 20.5. The molecular weight excluding hydrogens is 354 g/mol. The second kappa shape index (κ2) is 7.66. The zero-order valence-electron chi connectivity index (χ0n) is 17.4. The van der Waals surface area contributed by atoms with Crippen LogP contribution in [0.1, 0.15) is 71.8 Å². The van der Waals surface area contributed by atoms with Crippen molar-refractivity contribution in [1.82, 2.24) is 0 Å². The number of hydrogen-bond acceptors (Lipinski definition) is 6. The highest BCUT2D eigenvalue weighted by Crippen LogP contribution is 2.39. The Morgan fingerprint density at radius 2 is 1.93 bits per heavy atom. The van der Waals surface area contributed by atoms with Crippen LogP contribution in [0.4, 0.5) is 5.69 Å². The number of carbonyl (C=O) groups is 1. The zero-order valence-corrected chi connectivity index (χ0v) is 17.4. The molecule has 0 spiro atoms. The van der Waals surface area contributed by atoms with Crippen molar-refractivity contribution in [2.75, 3.05) is 5.32 Å². The van der Waals surface area contributed by atoms with Crippen LogP contribution < -0.4 is 21.5 Å². The lowest BCUT2D eigenvalue weighted by Crippen LogP contribution is -2.49. The molecule has 3 rings (SSSR count). The molecule has 6 nitrogen and oxygen atoms in total. The van der Waals surface area contributed by atoms with Crippen molar-refractivity contribution in [3.05, 3.63) is 35.3 Å². The van der Waals surface area contributed by atoms with Crippen LogP contribution in [0.2, 0.25) is 0 Å². The second-order valence-corrected chi connectivity index (χ2v) is 9.09. The van der Waals surface area contributed by atoms with Gasteiger partial charge >= 0.3 is 5.97 Å². The number of anilines is 1. The van der Waals surface area contributed by atoms with Crippen LogP contribution >= 0.6 is 0 Å². The fourth-order valence-electron chi connectivity index (χ4n) is 3.98. The Labute approximate surface area is 167 Å². The third-order valence-electron chi connectivity index (χ3n) is 5.50. The standard InChI is InChI=1S/C22H33N3O3/c1-14-19(23)25-17-12-16(10-11-18(17)27-14)22(24,20(26)28-21(2,3)4)13-15-8-6-5-7-9-15/h10-12,15,25H,5-9,13,23-24H2,1-4H3. The summed E-state index contributed by atoms with van der Waals surface area (Å²) in [6.45, 7) is 7.39. The fourth-order valence-corrected chi connectivity index (χ4v) is 3.98. The molecule has 1 saturated carbocycles. The van der Waals surface area contributed by atoms with Gasteiger partial charge in [0.15, 0.2) is 5.75 Å². The van der Waals surface area contributed by atoms with Crippen LogP contribution in [0.25, 0.3) is 0 Å². The van der Waals surface area contributed by atoms with Crippen molar-refractivity contribution in [2.24, 2.45) is 17.4 Å². The molecular formula is C22H33N3O3.